The summed E-state index contributed by atoms with van der Waals surface area (Å²) in [6, 6.07) is -0.962. The van der Waals surface area contributed by atoms with Crippen LogP contribution in [0.2, 0.25) is 0 Å². The number of hydrogen-bond acceptors (Lipinski definition) is 4. The van der Waals surface area contributed by atoms with E-state index in [9.17, 15) is 14.7 Å². The Hall–Kier alpha value is -1.14. The summed E-state index contributed by atoms with van der Waals surface area (Å²) in [7, 11) is 0. The number of carbonyl (C=O) groups is 2. The van der Waals surface area contributed by atoms with Crippen molar-refractivity contribution in [3.05, 3.63) is 0 Å². The van der Waals surface area contributed by atoms with E-state index < -0.39 is 18.2 Å². The number of aliphatic hydroxyl groups is 1. The molecule has 1 fully saturated rings. The van der Waals surface area contributed by atoms with Gasteiger partial charge in [0.25, 0.3) is 0 Å². The Morgan fingerprint density at radius 3 is 2.56 bits per heavy atom. The fraction of sp³-hybridized carbons (Fsp3) is 0.833. The summed E-state index contributed by atoms with van der Waals surface area (Å²) < 4.78 is 0. The molecule has 1 aliphatic rings. The average Bonchev–Trinajstić information content (AvgIpc) is 2.72. The lowest BCUT2D eigenvalue weighted by molar-refractivity contribution is -0.129. The maximum Gasteiger partial charge on any atom is 0.242 e. The van der Waals surface area contributed by atoms with Gasteiger partial charge in [0, 0.05) is 13.1 Å². The highest BCUT2D eigenvalue weighted by Gasteiger charge is 2.29. The second-order valence-corrected chi connectivity index (χ2v) is 5.22. The number of rotatable bonds is 5. The van der Waals surface area contributed by atoms with Gasteiger partial charge < -0.3 is 21.1 Å². The van der Waals surface area contributed by atoms with Gasteiger partial charge in [0.1, 0.15) is 6.04 Å². The third kappa shape index (κ3) is 4.62. The molecule has 1 aliphatic heterocycles. The minimum atomic E-state index is -0.559. The highest BCUT2D eigenvalue weighted by Crippen LogP contribution is 2.06. The lowest BCUT2D eigenvalue weighted by Gasteiger charge is -2.17. The monoisotopic (exact) mass is 257 g/mol. The molecule has 6 nitrogen and oxygen atoms in total. The quantitative estimate of drug-likeness (QED) is 0.508. The van der Waals surface area contributed by atoms with Crippen LogP contribution in [0.5, 0.6) is 0 Å². The normalized spacial score (nSPS) is 24.9. The minimum absolute atomic E-state index is 0.185. The molecule has 0 aromatic carbocycles. The van der Waals surface area contributed by atoms with Crippen LogP contribution in [0.15, 0.2) is 0 Å². The molecule has 0 bridgehead atoms. The minimum Gasteiger partial charge on any atom is -0.392 e. The number of β-amino-alcohol motifs (C(OH)–C–C–N with tert-alkyl or cyclic N) is 1. The molecule has 0 saturated carbocycles. The maximum atomic E-state index is 11.8. The number of amides is 2. The Morgan fingerprint density at radius 1 is 1.39 bits per heavy atom. The molecule has 6 heteroatoms. The lowest BCUT2D eigenvalue weighted by Crippen LogP contribution is -2.50. The van der Waals surface area contributed by atoms with Crippen LogP contribution in [0.25, 0.3) is 0 Å². The molecule has 3 unspecified atom stereocenters. The van der Waals surface area contributed by atoms with Crippen molar-refractivity contribution in [3.63, 3.8) is 0 Å². The molecule has 18 heavy (non-hydrogen) atoms. The Labute approximate surface area is 108 Å². The van der Waals surface area contributed by atoms with Crippen LogP contribution in [-0.4, -0.2) is 48.2 Å². The van der Waals surface area contributed by atoms with Crippen LogP contribution in [0, 0.1) is 5.92 Å². The first-order chi connectivity index (χ1) is 8.40. The molecule has 2 amide bonds. The Bertz CT molecular complexity index is 307. The van der Waals surface area contributed by atoms with Gasteiger partial charge in [-0.25, -0.2) is 0 Å². The summed E-state index contributed by atoms with van der Waals surface area (Å²) in [4.78, 5) is 23.4. The van der Waals surface area contributed by atoms with Crippen LogP contribution in [-0.2, 0) is 9.59 Å². The van der Waals surface area contributed by atoms with Crippen molar-refractivity contribution >= 4 is 11.8 Å². The second kappa shape index (κ2) is 6.70. The number of nitrogens with one attached hydrogen (secondary N) is 3. The fourth-order valence-electron chi connectivity index (χ4n) is 1.75. The van der Waals surface area contributed by atoms with Crippen molar-refractivity contribution < 1.29 is 14.7 Å². The van der Waals surface area contributed by atoms with E-state index in [-0.39, 0.29) is 11.8 Å². The molecule has 1 heterocycles. The van der Waals surface area contributed by atoms with Crippen molar-refractivity contribution in [2.75, 3.05) is 13.1 Å². The van der Waals surface area contributed by atoms with E-state index in [1.54, 1.807) is 6.92 Å². The molecule has 1 rings (SSSR count). The van der Waals surface area contributed by atoms with Crippen molar-refractivity contribution in [1.82, 2.24) is 16.0 Å². The van der Waals surface area contributed by atoms with Crippen LogP contribution in [0.1, 0.15) is 27.2 Å². The number of carbonyl (C=O) groups excluding carboxylic acids is 2. The first kappa shape index (κ1) is 14.9. The molecule has 0 aromatic rings. The Balaban J connectivity index is 2.32. The summed E-state index contributed by atoms with van der Waals surface area (Å²) in [5, 5.41) is 17.6. The predicted octanol–water partition coefficient (Wildman–Crippen LogP) is -1.01. The third-order valence-corrected chi connectivity index (χ3v) is 2.86. The summed E-state index contributed by atoms with van der Waals surface area (Å²) in [5.41, 5.74) is 0. The summed E-state index contributed by atoms with van der Waals surface area (Å²) in [6.07, 6.45) is -0.0857. The van der Waals surface area contributed by atoms with Crippen molar-refractivity contribution in [2.24, 2.45) is 5.92 Å². The van der Waals surface area contributed by atoms with E-state index in [1.807, 2.05) is 13.8 Å². The standard InChI is InChI=1S/C12H23N3O3/c1-7(2)5-14-11(17)8(3)15-12(18)10-4-9(16)6-13-10/h7-10,13,16H,4-6H2,1-3H3,(H,14,17)(H,15,18). The first-order valence-corrected chi connectivity index (χ1v) is 6.39. The predicted molar refractivity (Wildman–Crippen MR) is 67.9 cm³/mol. The van der Waals surface area contributed by atoms with Gasteiger partial charge in [-0.15, -0.1) is 0 Å². The fourth-order valence-corrected chi connectivity index (χ4v) is 1.75. The average molecular weight is 257 g/mol. The van der Waals surface area contributed by atoms with Gasteiger partial charge in [0.2, 0.25) is 11.8 Å². The topological polar surface area (TPSA) is 90.5 Å². The first-order valence-electron chi connectivity index (χ1n) is 6.39. The molecule has 0 radical (unpaired) electrons. The molecule has 0 aromatic heterocycles. The van der Waals surface area contributed by atoms with E-state index in [1.165, 1.54) is 0 Å². The summed E-state index contributed by atoms with van der Waals surface area (Å²) in [5.74, 6) is -0.0437. The van der Waals surface area contributed by atoms with E-state index in [2.05, 4.69) is 16.0 Å². The van der Waals surface area contributed by atoms with Gasteiger partial charge in [-0.1, -0.05) is 13.8 Å². The van der Waals surface area contributed by atoms with Gasteiger partial charge in [-0.2, -0.15) is 0 Å². The van der Waals surface area contributed by atoms with E-state index >= 15 is 0 Å². The van der Waals surface area contributed by atoms with E-state index in [0.29, 0.717) is 25.4 Å². The van der Waals surface area contributed by atoms with Gasteiger partial charge in [-0.3, -0.25) is 9.59 Å². The molecule has 4 N–H and O–H groups in total. The second-order valence-electron chi connectivity index (χ2n) is 5.22. The van der Waals surface area contributed by atoms with Crippen molar-refractivity contribution in [1.29, 1.82) is 0 Å². The maximum absolute atomic E-state index is 11.8. The van der Waals surface area contributed by atoms with Crippen LogP contribution < -0.4 is 16.0 Å². The molecule has 1 saturated heterocycles. The highest BCUT2D eigenvalue weighted by molar-refractivity contribution is 5.89. The van der Waals surface area contributed by atoms with Gasteiger partial charge in [0.05, 0.1) is 12.1 Å². The number of aliphatic hydroxyl groups excluding tert-OH is 1. The lowest BCUT2D eigenvalue weighted by atomic mass is 10.1. The van der Waals surface area contributed by atoms with Crippen LogP contribution in [0.4, 0.5) is 0 Å². The summed E-state index contributed by atoms with van der Waals surface area (Å²) >= 11 is 0. The number of hydrogen-bond donors (Lipinski definition) is 4. The zero-order valence-electron chi connectivity index (χ0n) is 11.2. The van der Waals surface area contributed by atoms with Gasteiger partial charge >= 0.3 is 0 Å². The van der Waals surface area contributed by atoms with Crippen LogP contribution in [0.3, 0.4) is 0 Å². The largest absolute Gasteiger partial charge is 0.392 e. The zero-order chi connectivity index (χ0) is 13.7. The molecular weight excluding hydrogens is 234 g/mol. The third-order valence-electron chi connectivity index (χ3n) is 2.86. The highest BCUT2D eigenvalue weighted by atomic mass is 16.3. The molecule has 0 aliphatic carbocycles. The molecule has 104 valence electrons. The van der Waals surface area contributed by atoms with Gasteiger partial charge in [-0.05, 0) is 19.3 Å². The Kier molecular flexibility index (Phi) is 5.55. The Morgan fingerprint density at radius 2 is 2.06 bits per heavy atom. The molecular formula is C12H23N3O3. The van der Waals surface area contributed by atoms with Crippen molar-refractivity contribution in [2.45, 2.75) is 45.4 Å². The van der Waals surface area contributed by atoms with E-state index in [4.69, 9.17) is 0 Å². The SMILES string of the molecule is CC(C)CNC(=O)C(C)NC(=O)C1CC(O)CN1. The van der Waals surface area contributed by atoms with Crippen LogP contribution >= 0.6 is 0 Å². The summed E-state index contributed by atoms with van der Waals surface area (Å²) in [6.45, 7) is 6.69. The van der Waals surface area contributed by atoms with Crippen molar-refractivity contribution in [3.8, 4) is 0 Å². The molecule has 3 atom stereocenters. The van der Waals surface area contributed by atoms with Gasteiger partial charge in [0.15, 0.2) is 0 Å². The smallest absolute Gasteiger partial charge is 0.242 e. The van der Waals surface area contributed by atoms with E-state index in [0.717, 1.165) is 0 Å². The zero-order valence-corrected chi connectivity index (χ0v) is 11.2. The molecule has 0 spiro atoms.